The van der Waals surface area contributed by atoms with Crippen molar-refractivity contribution in [3.05, 3.63) is 29.8 Å². The Kier molecular flexibility index (Phi) is 7.54. The second-order valence-electron chi connectivity index (χ2n) is 5.71. The number of benzene rings is 1. The van der Waals surface area contributed by atoms with Gasteiger partial charge in [-0.3, -0.25) is 14.5 Å². The Morgan fingerprint density at radius 2 is 1.83 bits per heavy atom. The molecule has 0 aliphatic carbocycles. The van der Waals surface area contributed by atoms with Crippen molar-refractivity contribution in [3.63, 3.8) is 0 Å². The van der Waals surface area contributed by atoms with Gasteiger partial charge in [-0.15, -0.1) is 0 Å². The van der Waals surface area contributed by atoms with E-state index in [9.17, 15) is 19.5 Å². The number of carbonyl (C=O) groups excluding carboxylic acids is 2. The average molecular weight is 335 g/mol. The first-order chi connectivity index (χ1) is 11.3. The quantitative estimate of drug-likeness (QED) is 0.459. The van der Waals surface area contributed by atoms with Crippen LogP contribution in [0.1, 0.15) is 43.5 Å². The molecular formula is C17H25N3O4. The zero-order chi connectivity index (χ0) is 18.3. The molecule has 2 unspecified atom stereocenters. The Hall–Kier alpha value is -2.25. The fourth-order valence-electron chi connectivity index (χ4n) is 2.49. The van der Waals surface area contributed by atoms with E-state index in [0.29, 0.717) is 19.4 Å². The highest BCUT2D eigenvalue weighted by atomic mass is 16.4. The van der Waals surface area contributed by atoms with Crippen molar-refractivity contribution in [2.24, 2.45) is 11.5 Å². The lowest BCUT2D eigenvalue weighted by Crippen LogP contribution is -2.51. The summed E-state index contributed by atoms with van der Waals surface area (Å²) in [4.78, 5) is 37.4. The summed E-state index contributed by atoms with van der Waals surface area (Å²) in [6.07, 6.45) is 1.44. The minimum absolute atomic E-state index is 0.233. The van der Waals surface area contributed by atoms with E-state index in [2.05, 4.69) is 0 Å². The van der Waals surface area contributed by atoms with Crippen molar-refractivity contribution >= 4 is 23.3 Å². The monoisotopic (exact) mass is 335 g/mol. The molecule has 0 aliphatic rings. The number of aliphatic carboxylic acids is 1. The highest BCUT2D eigenvalue weighted by molar-refractivity contribution is 6.08. The Labute approximate surface area is 141 Å². The zero-order valence-corrected chi connectivity index (χ0v) is 14.1. The maximum Gasteiger partial charge on any atom is 0.326 e. The summed E-state index contributed by atoms with van der Waals surface area (Å²) in [5.74, 6) is -1.93. The van der Waals surface area contributed by atoms with Crippen LogP contribution in [0.4, 0.5) is 5.69 Å². The fraction of sp³-hybridized carbons (Fsp3) is 0.471. The molecule has 1 amide bonds. The van der Waals surface area contributed by atoms with E-state index < -0.39 is 24.0 Å². The molecule has 2 atom stereocenters. The molecule has 7 heteroatoms. The standard InChI is InChI=1S/C17H25N3O4/c1-11(19)16(22)20(15(17(23)24)9-5-6-10-18)14-8-4-3-7-13(14)12(2)21/h3-4,7-8,11,15H,5-6,9-10,18-19H2,1-2H3,(H,23,24). The molecule has 0 spiro atoms. The number of rotatable bonds is 9. The number of nitrogens with two attached hydrogens (primary N) is 2. The molecule has 0 fully saturated rings. The highest BCUT2D eigenvalue weighted by Crippen LogP contribution is 2.26. The van der Waals surface area contributed by atoms with E-state index >= 15 is 0 Å². The lowest BCUT2D eigenvalue weighted by atomic mass is 10.0. The third-order valence-corrected chi connectivity index (χ3v) is 3.70. The molecule has 0 aromatic heterocycles. The van der Waals surface area contributed by atoms with Crippen molar-refractivity contribution in [1.29, 1.82) is 0 Å². The average Bonchev–Trinajstić information content (AvgIpc) is 2.53. The van der Waals surface area contributed by atoms with E-state index in [0.717, 1.165) is 4.90 Å². The molecule has 0 bridgehead atoms. The number of Topliss-reactive ketones (excluding diaryl/α,β-unsaturated/α-hetero) is 1. The van der Waals surface area contributed by atoms with Gasteiger partial charge >= 0.3 is 5.97 Å². The Bertz CT molecular complexity index is 601. The van der Waals surface area contributed by atoms with Crippen LogP contribution >= 0.6 is 0 Å². The summed E-state index contributed by atoms with van der Waals surface area (Å²) in [7, 11) is 0. The van der Waals surface area contributed by atoms with Crippen LogP contribution in [0.15, 0.2) is 24.3 Å². The van der Waals surface area contributed by atoms with Crippen molar-refractivity contribution in [2.75, 3.05) is 11.4 Å². The predicted molar refractivity (Wildman–Crippen MR) is 91.9 cm³/mol. The van der Waals surface area contributed by atoms with Gasteiger partial charge in [0.15, 0.2) is 5.78 Å². The van der Waals surface area contributed by atoms with Gasteiger partial charge in [0, 0.05) is 5.56 Å². The number of unbranched alkanes of at least 4 members (excludes halogenated alkanes) is 1. The first-order valence-corrected chi connectivity index (χ1v) is 7.92. The number of carbonyl (C=O) groups is 3. The van der Waals surface area contributed by atoms with Crippen LogP contribution in [0.5, 0.6) is 0 Å². The molecule has 132 valence electrons. The summed E-state index contributed by atoms with van der Waals surface area (Å²) in [5.41, 5.74) is 11.7. The molecular weight excluding hydrogens is 310 g/mol. The second kappa shape index (κ2) is 9.14. The molecule has 0 saturated heterocycles. The molecule has 7 nitrogen and oxygen atoms in total. The van der Waals surface area contributed by atoms with E-state index in [4.69, 9.17) is 11.5 Å². The molecule has 1 aromatic rings. The van der Waals surface area contributed by atoms with Crippen molar-refractivity contribution in [3.8, 4) is 0 Å². The van der Waals surface area contributed by atoms with Crippen LogP contribution < -0.4 is 16.4 Å². The van der Waals surface area contributed by atoms with Crippen LogP contribution in [0.2, 0.25) is 0 Å². The molecule has 0 heterocycles. The summed E-state index contributed by atoms with van der Waals surface area (Å²) in [5, 5.41) is 9.61. The molecule has 24 heavy (non-hydrogen) atoms. The van der Waals surface area contributed by atoms with Crippen LogP contribution in [0, 0.1) is 0 Å². The van der Waals surface area contributed by atoms with E-state index in [-0.39, 0.29) is 23.5 Å². The molecule has 1 aromatic carbocycles. The maximum absolute atomic E-state index is 12.6. The van der Waals surface area contributed by atoms with E-state index in [1.165, 1.54) is 13.8 Å². The number of nitrogens with zero attached hydrogens (tertiary/aromatic N) is 1. The summed E-state index contributed by atoms with van der Waals surface area (Å²) in [6.45, 7) is 3.31. The predicted octanol–water partition coefficient (Wildman–Crippen LogP) is 1.15. The number of anilines is 1. The highest BCUT2D eigenvalue weighted by Gasteiger charge is 2.33. The number of para-hydroxylation sites is 1. The fourth-order valence-corrected chi connectivity index (χ4v) is 2.49. The number of hydrogen-bond acceptors (Lipinski definition) is 5. The summed E-state index contributed by atoms with van der Waals surface area (Å²) in [6, 6.07) is 4.46. The van der Waals surface area contributed by atoms with Gasteiger partial charge in [-0.2, -0.15) is 0 Å². The number of carboxylic acid groups (broad SMARTS) is 1. The van der Waals surface area contributed by atoms with E-state index in [1.807, 2.05) is 0 Å². The van der Waals surface area contributed by atoms with Crippen molar-refractivity contribution in [1.82, 2.24) is 0 Å². The lowest BCUT2D eigenvalue weighted by Gasteiger charge is -2.31. The molecule has 0 radical (unpaired) electrons. The van der Waals surface area contributed by atoms with Crippen molar-refractivity contribution in [2.45, 2.75) is 45.2 Å². The van der Waals surface area contributed by atoms with Gasteiger partial charge in [0.1, 0.15) is 6.04 Å². The molecule has 0 saturated carbocycles. The number of hydrogen-bond donors (Lipinski definition) is 3. The smallest absolute Gasteiger partial charge is 0.326 e. The normalized spacial score (nSPS) is 13.2. The minimum atomic E-state index is -1.14. The van der Waals surface area contributed by atoms with Gasteiger partial charge < -0.3 is 16.6 Å². The molecule has 1 rings (SSSR count). The first kappa shape index (κ1) is 19.8. The second-order valence-corrected chi connectivity index (χ2v) is 5.71. The molecule has 5 N–H and O–H groups in total. The van der Waals surface area contributed by atoms with Gasteiger partial charge in [-0.25, -0.2) is 4.79 Å². The summed E-state index contributed by atoms with van der Waals surface area (Å²) < 4.78 is 0. The zero-order valence-electron chi connectivity index (χ0n) is 14.1. The van der Waals surface area contributed by atoms with Crippen LogP contribution in [0.25, 0.3) is 0 Å². The molecule has 0 aliphatic heterocycles. The maximum atomic E-state index is 12.6. The largest absolute Gasteiger partial charge is 0.480 e. The Morgan fingerprint density at radius 3 is 2.33 bits per heavy atom. The van der Waals surface area contributed by atoms with Gasteiger partial charge in [0.25, 0.3) is 0 Å². The van der Waals surface area contributed by atoms with Gasteiger partial charge in [-0.1, -0.05) is 12.1 Å². The van der Waals surface area contributed by atoms with Gasteiger partial charge in [0.2, 0.25) is 5.91 Å². The van der Waals surface area contributed by atoms with Crippen molar-refractivity contribution < 1.29 is 19.5 Å². The van der Waals surface area contributed by atoms with Crippen LogP contribution in [-0.4, -0.2) is 41.4 Å². The first-order valence-electron chi connectivity index (χ1n) is 7.92. The topological polar surface area (TPSA) is 127 Å². The number of carboxylic acids is 1. The van der Waals surface area contributed by atoms with Gasteiger partial charge in [-0.05, 0) is 51.8 Å². The number of ketones is 1. The van der Waals surface area contributed by atoms with Gasteiger partial charge in [0.05, 0.1) is 11.7 Å². The SMILES string of the molecule is CC(=O)c1ccccc1N(C(=O)C(C)N)C(CCCCN)C(=O)O. The third-order valence-electron chi connectivity index (χ3n) is 3.70. The van der Waals surface area contributed by atoms with Crippen LogP contribution in [-0.2, 0) is 9.59 Å². The Morgan fingerprint density at radius 1 is 1.21 bits per heavy atom. The third kappa shape index (κ3) is 4.87. The number of amides is 1. The summed E-state index contributed by atoms with van der Waals surface area (Å²) >= 11 is 0. The Balaban J connectivity index is 3.37. The van der Waals surface area contributed by atoms with Crippen LogP contribution in [0.3, 0.4) is 0 Å². The van der Waals surface area contributed by atoms with E-state index in [1.54, 1.807) is 24.3 Å². The lowest BCUT2D eigenvalue weighted by molar-refractivity contribution is -0.140. The minimum Gasteiger partial charge on any atom is -0.480 e.